The van der Waals surface area contributed by atoms with Gasteiger partial charge in [0.2, 0.25) is 0 Å². The molecule has 0 aliphatic carbocycles. The summed E-state index contributed by atoms with van der Waals surface area (Å²) < 4.78 is 37.0. The average molecular weight is 324 g/mol. The van der Waals surface area contributed by atoms with Crippen LogP contribution in [0.25, 0.3) is 0 Å². The van der Waals surface area contributed by atoms with Crippen LogP contribution in [0.15, 0.2) is 28.7 Å². The van der Waals surface area contributed by atoms with Crippen molar-refractivity contribution in [2.45, 2.75) is 38.4 Å². The Kier molecular flexibility index (Phi) is 6.15. The van der Waals surface area contributed by atoms with Crippen LogP contribution in [0.3, 0.4) is 0 Å². The van der Waals surface area contributed by atoms with Gasteiger partial charge in [-0.05, 0) is 37.1 Å². The Morgan fingerprint density at radius 2 is 2.06 bits per heavy atom. The smallest absolute Gasteiger partial charge is 0.310 e. The Bertz CT molecular complexity index is 365. The van der Waals surface area contributed by atoms with Crippen LogP contribution in [-0.2, 0) is 0 Å². The zero-order valence-corrected chi connectivity index (χ0v) is 11.8. The fourth-order valence-electron chi connectivity index (χ4n) is 1.79. The summed E-state index contributed by atoms with van der Waals surface area (Å²) in [5.74, 6) is 0. The highest BCUT2D eigenvalue weighted by Crippen LogP contribution is 2.23. The highest BCUT2D eigenvalue weighted by molar-refractivity contribution is 9.10. The Balaban J connectivity index is 2.43. The molecule has 0 heterocycles. The second-order valence-corrected chi connectivity index (χ2v) is 5.10. The lowest BCUT2D eigenvalue weighted by atomic mass is 10.0. The van der Waals surface area contributed by atoms with Crippen LogP contribution in [0.4, 0.5) is 13.2 Å². The van der Waals surface area contributed by atoms with Crippen molar-refractivity contribution in [3.63, 3.8) is 0 Å². The van der Waals surface area contributed by atoms with Crippen molar-refractivity contribution in [3.8, 4) is 0 Å². The van der Waals surface area contributed by atoms with Gasteiger partial charge in [0.15, 0.2) is 0 Å². The van der Waals surface area contributed by atoms with Crippen molar-refractivity contribution in [2.75, 3.05) is 6.54 Å². The molecule has 0 aromatic heterocycles. The normalized spacial score (nSPS) is 13.6. The minimum atomic E-state index is -4.06. The van der Waals surface area contributed by atoms with E-state index in [1.165, 1.54) is 0 Å². The van der Waals surface area contributed by atoms with E-state index in [4.69, 9.17) is 0 Å². The summed E-state index contributed by atoms with van der Waals surface area (Å²) in [7, 11) is 0. The van der Waals surface area contributed by atoms with E-state index in [0.717, 1.165) is 16.5 Å². The number of rotatable bonds is 6. The molecule has 0 saturated heterocycles. The van der Waals surface area contributed by atoms with Gasteiger partial charge in [-0.15, -0.1) is 0 Å². The monoisotopic (exact) mass is 323 g/mol. The van der Waals surface area contributed by atoms with Crippen LogP contribution in [0, 0.1) is 0 Å². The van der Waals surface area contributed by atoms with Crippen LogP contribution in [0.1, 0.15) is 37.8 Å². The molecule has 0 bridgehead atoms. The zero-order chi connectivity index (χ0) is 13.6. The van der Waals surface area contributed by atoms with Crippen LogP contribution in [0.2, 0.25) is 0 Å². The van der Waals surface area contributed by atoms with Gasteiger partial charge in [0, 0.05) is 16.9 Å². The van der Waals surface area contributed by atoms with Crippen LogP contribution < -0.4 is 5.32 Å². The van der Waals surface area contributed by atoms with Gasteiger partial charge in [0.1, 0.15) is 0 Å². The quantitative estimate of drug-likeness (QED) is 0.739. The molecule has 0 fully saturated rings. The zero-order valence-electron chi connectivity index (χ0n) is 10.2. The summed E-state index contributed by atoms with van der Waals surface area (Å²) in [6.45, 7) is 2.40. The molecule has 5 heteroatoms. The minimum absolute atomic E-state index is 0.107. The van der Waals surface area contributed by atoms with Crippen molar-refractivity contribution >= 4 is 15.9 Å². The molecule has 0 aliphatic rings. The van der Waals surface area contributed by atoms with E-state index in [9.17, 15) is 13.2 Å². The molecular formula is C13H17BrF3N. The molecule has 1 nitrogen and oxygen atoms in total. The van der Waals surface area contributed by atoms with E-state index in [2.05, 4.69) is 21.2 Å². The SMILES string of the molecule is CCC(NCCCC(F)(F)F)c1cccc(Br)c1. The predicted molar refractivity (Wildman–Crippen MR) is 70.5 cm³/mol. The Labute approximate surface area is 114 Å². The third kappa shape index (κ3) is 5.87. The molecule has 0 saturated carbocycles. The van der Waals surface area contributed by atoms with E-state index < -0.39 is 12.6 Å². The molecule has 1 aromatic rings. The first kappa shape index (κ1) is 15.5. The number of alkyl halides is 3. The average Bonchev–Trinajstić information content (AvgIpc) is 2.27. The van der Waals surface area contributed by atoms with Gasteiger partial charge in [-0.2, -0.15) is 13.2 Å². The number of hydrogen-bond acceptors (Lipinski definition) is 1. The molecule has 1 rings (SSSR count). The predicted octanol–water partition coefficient (Wildman–Crippen LogP) is 4.83. The van der Waals surface area contributed by atoms with Gasteiger partial charge in [-0.25, -0.2) is 0 Å². The van der Waals surface area contributed by atoms with Crippen molar-refractivity contribution in [1.29, 1.82) is 0 Å². The number of hydrogen-bond donors (Lipinski definition) is 1. The maximum absolute atomic E-state index is 12.0. The van der Waals surface area contributed by atoms with E-state index in [1.54, 1.807) is 0 Å². The first-order chi connectivity index (χ1) is 8.42. The van der Waals surface area contributed by atoms with Crippen molar-refractivity contribution in [2.24, 2.45) is 0 Å². The maximum atomic E-state index is 12.0. The summed E-state index contributed by atoms with van der Waals surface area (Å²) in [6.07, 6.45) is -3.81. The molecule has 102 valence electrons. The van der Waals surface area contributed by atoms with E-state index in [-0.39, 0.29) is 12.5 Å². The summed E-state index contributed by atoms with van der Waals surface area (Å²) in [5.41, 5.74) is 1.10. The Morgan fingerprint density at radius 1 is 1.33 bits per heavy atom. The molecule has 0 amide bonds. The van der Waals surface area contributed by atoms with Crippen LogP contribution in [-0.4, -0.2) is 12.7 Å². The molecule has 0 radical (unpaired) electrons. The van der Waals surface area contributed by atoms with E-state index in [1.807, 2.05) is 31.2 Å². The van der Waals surface area contributed by atoms with Crippen LogP contribution in [0.5, 0.6) is 0 Å². The van der Waals surface area contributed by atoms with Gasteiger partial charge < -0.3 is 5.32 Å². The molecule has 0 aliphatic heterocycles. The number of benzene rings is 1. The Hall–Kier alpha value is -0.550. The van der Waals surface area contributed by atoms with Crippen molar-refractivity contribution in [1.82, 2.24) is 5.32 Å². The summed E-state index contributed by atoms with van der Waals surface area (Å²) >= 11 is 3.39. The lowest BCUT2D eigenvalue weighted by molar-refractivity contribution is -0.135. The molecule has 1 unspecified atom stereocenters. The molecular weight excluding hydrogens is 307 g/mol. The van der Waals surface area contributed by atoms with Gasteiger partial charge >= 0.3 is 6.18 Å². The maximum Gasteiger partial charge on any atom is 0.389 e. The second kappa shape index (κ2) is 7.14. The number of halogens is 4. The third-order valence-corrected chi connectivity index (χ3v) is 3.18. The molecule has 1 N–H and O–H groups in total. The van der Waals surface area contributed by atoms with E-state index in [0.29, 0.717) is 6.54 Å². The molecule has 1 atom stereocenters. The first-order valence-corrected chi connectivity index (χ1v) is 6.77. The second-order valence-electron chi connectivity index (χ2n) is 4.19. The van der Waals surface area contributed by atoms with Crippen molar-refractivity contribution in [3.05, 3.63) is 34.3 Å². The standard InChI is InChI=1S/C13H17BrF3N/c1-2-12(10-5-3-6-11(14)9-10)18-8-4-7-13(15,16)17/h3,5-6,9,12,18H,2,4,7-8H2,1H3. The topological polar surface area (TPSA) is 12.0 Å². The summed E-state index contributed by atoms with van der Waals surface area (Å²) in [6, 6.07) is 7.94. The highest BCUT2D eigenvalue weighted by Gasteiger charge is 2.26. The van der Waals surface area contributed by atoms with Gasteiger partial charge in [-0.1, -0.05) is 35.0 Å². The van der Waals surface area contributed by atoms with Crippen molar-refractivity contribution < 1.29 is 13.2 Å². The summed E-state index contributed by atoms with van der Waals surface area (Å²) in [4.78, 5) is 0. The van der Waals surface area contributed by atoms with Gasteiger partial charge in [-0.3, -0.25) is 0 Å². The molecule has 1 aromatic carbocycles. The third-order valence-electron chi connectivity index (χ3n) is 2.69. The molecule has 18 heavy (non-hydrogen) atoms. The first-order valence-electron chi connectivity index (χ1n) is 5.98. The van der Waals surface area contributed by atoms with E-state index >= 15 is 0 Å². The van der Waals surface area contributed by atoms with Gasteiger partial charge in [0.05, 0.1) is 0 Å². The van der Waals surface area contributed by atoms with Gasteiger partial charge in [0.25, 0.3) is 0 Å². The minimum Gasteiger partial charge on any atom is -0.310 e. The molecule has 0 spiro atoms. The largest absolute Gasteiger partial charge is 0.389 e. The summed E-state index contributed by atoms with van der Waals surface area (Å²) in [5, 5.41) is 3.16. The Morgan fingerprint density at radius 3 is 2.61 bits per heavy atom. The van der Waals surface area contributed by atoms with Crippen LogP contribution >= 0.6 is 15.9 Å². The number of nitrogens with one attached hydrogen (secondary N) is 1. The highest BCUT2D eigenvalue weighted by atomic mass is 79.9. The lowest BCUT2D eigenvalue weighted by Crippen LogP contribution is -2.23. The lowest BCUT2D eigenvalue weighted by Gasteiger charge is -2.18. The fraction of sp³-hybridized carbons (Fsp3) is 0.538. The fourth-order valence-corrected chi connectivity index (χ4v) is 2.20.